The van der Waals surface area contributed by atoms with Gasteiger partial charge in [-0.15, -0.1) is 0 Å². The molecule has 0 aromatic heterocycles. The number of alkyl halides is 2. The average molecular weight is 332 g/mol. The molecule has 0 bridgehead atoms. The van der Waals surface area contributed by atoms with Crippen molar-refractivity contribution in [2.24, 2.45) is 0 Å². The molecule has 0 radical (unpaired) electrons. The van der Waals surface area contributed by atoms with Crippen LogP contribution in [0.2, 0.25) is 0 Å². The highest BCUT2D eigenvalue weighted by Crippen LogP contribution is 2.27. The number of amides is 2. The molecular weight excluding hydrogens is 314 g/mol. The molecule has 4 nitrogen and oxygen atoms in total. The van der Waals surface area contributed by atoms with Gasteiger partial charge in [-0.3, -0.25) is 4.90 Å². The number of nitrogens with zero attached hydrogens (tertiary/aromatic N) is 1. The molecule has 1 N–H and O–H groups in total. The summed E-state index contributed by atoms with van der Waals surface area (Å²) in [6.07, 6.45) is 1.49. The summed E-state index contributed by atoms with van der Waals surface area (Å²) >= 11 is 0. The van der Waals surface area contributed by atoms with Crippen LogP contribution in [0.15, 0.2) is 48.5 Å². The number of nitrogens with one attached hydrogen (secondary N) is 1. The van der Waals surface area contributed by atoms with E-state index in [0.717, 1.165) is 17.7 Å². The normalized spacial score (nSPS) is 13.0. The molecule has 2 amide bonds. The molecule has 3 rings (SSSR count). The van der Waals surface area contributed by atoms with Crippen molar-refractivity contribution in [3.8, 4) is 5.75 Å². The highest BCUT2D eigenvalue weighted by Gasteiger charge is 2.23. The third-order valence-electron chi connectivity index (χ3n) is 3.97. The Hall–Kier alpha value is -2.63. The fraction of sp³-hybridized carbons (Fsp3) is 0.278. The zero-order valence-corrected chi connectivity index (χ0v) is 13.0. The molecule has 0 unspecified atom stereocenters. The smallest absolute Gasteiger partial charge is 0.387 e. The van der Waals surface area contributed by atoms with Crippen LogP contribution in [0.1, 0.15) is 11.1 Å². The average Bonchev–Trinajstić information content (AvgIpc) is 3.00. The van der Waals surface area contributed by atoms with Crippen LogP contribution < -0.4 is 15.0 Å². The third kappa shape index (κ3) is 3.82. The van der Waals surface area contributed by atoms with Gasteiger partial charge < -0.3 is 10.1 Å². The Balaban J connectivity index is 1.49. The molecule has 0 saturated heterocycles. The van der Waals surface area contributed by atoms with E-state index in [1.807, 2.05) is 24.3 Å². The summed E-state index contributed by atoms with van der Waals surface area (Å²) in [7, 11) is 0. The number of benzene rings is 2. The number of carbonyl (C=O) groups is 1. The topological polar surface area (TPSA) is 41.6 Å². The maximum atomic E-state index is 12.3. The monoisotopic (exact) mass is 332 g/mol. The summed E-state index contributed by atoms with van der Waals surface area (Å²) in [6.45, 7) is -1.66. The summed E-state index contributed by atoms with van der Waals surface area (Å²) in [5, 5.41) is 2.90. The Bertz CT molecular complexity index is 704. The van der Waals surface area contributed by atoms with Gasteiger partial charge in [0.05, 0.1) is 0 Å². The minimum Gasteiger partial charge on any atom is -0.435 e. The van der Waals surface area contributed by atoms with Gasteiger partial charge >= 0.3 is 12.6 Å². The minimum absolute atomic E-state index is 0.113. The van der Waals surface area contributed by atoms with E-state index in [1.165, 1.54) is 17.7 Å². The summed E-state index contributed by atoms with van der Waals surface area (Å²) in [5.74, 6) is 0.131. The van der Waals surface area contributed by atoms with E-state index in [1.54, 1.807) is 17.0 Å². The number of hydrogen-bond donors (Lipinski definition) is 1. The van der Waals surface area contributed by atoms with Crippen LogP contribution in [0.5, 0.6) is 5.75 Å². The molecule has 2 aromatic carbocycles. The summed E-state index contributed by atoms with van der Waals surface area (Å²) in [5.41, 5.74) is 3.09. The van der Waals surface area contributed by atoms with Gasteiger partial charge in [0.2, 0.25) is 0 Å². The summed E-state index contributed by atoms with van der Waals surface area (Å²) in [6, 6.07) is 14.2. The van der Waals surface area contributed by atoms with Gasteiger partial charge in [-0.05, 0) is 42.2 Å². The lowest BCUT2D eigenvalue weighted by Gasteiger charge is -2.18. The first kappa shape index (κ1) is 16.2. The standard InChI is InChI=1S/C18H18F2N2O2/c19-17(20)24-15-7-5-13(6-8-15)9-11-21-18(23)22-12-10-14-3-1-2-4-16(14)22/h1-8,17H,9-12H2,(H,21,23). The Morgan fingerprint density at radius 3 is 2.67 bits per heavy atom. The zero-order valence-electron chi connectivity index (χ0n) is 13.0. The highest BCUT2D eigenvalue weighted by molar-refractivity contribution is 5.94. The van der Waals surface area contributed by atoms with Crippen molar-refractivity contribution >= 4 is 11.7 Å². The maximum absolute atomic E-state index is 12.3. The number of halogens is 2. The molecule has 24 heavy (non-hydrogen) atoms. The first-order chi connectivity index (χ1) is 11.6. The first-order valence-electron chi connectivity index (χ1n) is 7.80. The second kappa shape index (κ2) is 7.29. The van der Waals surface area contributed by atoms with Gasteiger partial charge in [0.15, 0.2) is 0 Å². The van der Waals surface area contributed by atoms with Crippen molar-refractivity contribution < 1.29 is 18.3 Å². The maximum Gasteiger partial charge on any atom is 0.387 e. The number of carbonyl (C=O) groups excluding carboxylic acids is 1. The van der Waals surface area contributed by atoms with Gasteiger partial charge in [-0.1, -0.05) is 30.3 Å². The number of rotatable bonds is 5. The van der Waals surface area contributed by atoms with Gasteiger partial charge in [0.25, 0.3) is 0 Å². The largest absolute Gasteiger partial charge is 0.435 e. The minimum atomic E-state index is -2.82. The zero-order chi connectivity index (χ0) is 16.9. The Morgan fingerprint density at radius 1 is 1.17 bits per heavy atom. The van der Waals surface area contributed by atoms with Gasteiger partial charge in [-0.2, -0.15) is 8.78 Å². The van der Waals surface area contributed by atoms with Crippen molar-refractivity contribution in [1.82, 2.24) is 5.32 Å². The molecule has 0 atom stereocenters. The van der Waals surface area contributed by atoms with E-state index in [0.29, 0.717) is 19.5 Å². The number of para-hydroxylation sites is 1. The lowest BCUT2D eigenvalue weighted by Crippen LogP contribution is -2.39. The molecule has 1 heterocycles. The summed E-state index contributed by atoms with van der Waals surface area (Å²) in [4.78, 5) is 14.0. The Labute approximate surface area is 139 Å². The van der Waals surface area contributed by atoms with E-state index in [2.05, 4.69) is 10.1 Å². The molecule has 126 valence electrons. The quantitative estimate of drug-likeness (QED) is 0.909. The van der Waals surface area contributed by atoms with E-state index >= 15 is 0 Å². The number of urea groups is 1. The van der Waals surface area contributed by atoms with Gasteiger partial charge in [0, 0.05) is 18.8 Å². The molecule has 2 aromatic rings. The fourth-order valence-electron chi connectivity index (χ4n) is 2.80. The van der Waals surface area contributed by atoms with Crippen molar-refractivity contribution in [3.63, 3.8) is 0 Å². The molecule has 0 saturated carbocycles. The van der Waals surface area contributed by atoms with Gasteiger partial charge in [-0.25, -0.2) is 4.79 Å². The number of hydrogen-bond acceptors (Lipinski definition) is 2. The first-order valence-corrected chi connectivity index (χ1v) is 7.80. The van der Waals surface area contributed by atoms with Gasteiger partial charge in [0.1, 0.15) is 5.75 Å². The van der Waals surface area contributed by atoms with Crippen molar-refractivity contribution in [2.45, 2.75) is 19.5 Å². The molecule has 0 fully saturated rings. The fourth-order valence-corrected chi connectivity index (χ4v) is 2.80. The SMILES string of the molecule is O=C(NCCc1ccc(OC(F)F)cc1)N1CCc2ccccc21. The van der Waals surface area contributed by atoms with E-state index in [4.69, 9.17) is 0 Å². The summed E-state index contributed by atoms with van der Waals surface area (Å²) < 4.78 is 28.5. The molecule has 0 aliphatic carbocycles. The van der Waals surface area contributed by atoms with Crippen LogP contribution in [0, 0.1) is 0 Å². The lowest BCUT2D eigenvalue weighted by molar-refractivity contribution is -0.0498. The second-order valence-electron chi connectivity index (χ2n) is 5.53. The number of anilines is 1. The van der Waals surface area contributed by atoms with Crippen molar-refractivity contribution in [2.75, 3.05) is 18.0 Å². The Kier molecular flexibility index (Phi) is 4.93. The van der Waals surface area contributed by atoms with E-state index < -0.39 is 6.61 Å². The highest BCUT2D eigenvalue weighted by atomic mass is 19.3. The Morgan fingerprint density at radius 2 is 1.92 bits per heavy atom. The van der Waals surface area contributed by atoms with Crippen LogP contribution in [-0.2, 0) is 12.8 Å². The van der Waals surface area contributed by atoms with Crippen LogP contribution in [0.25, 0.3) is 0 Å². The van der Waals surface area contributed by atoms with Crippen molar-refractivity contribution in [1.29, 1.82) is 0 Å². The number of ether oxygens (including phenoxy) is 1. The molecular formula is C18H18F2N2O2. The van der Waals surface area contributed by atoms with E-state index in [-0.39, 0.29) is 11.8 Å². The van der Waals surface area contributed by atoms with Crippen LogP contribution in [0.4, 0.5) is 19.3 Å². The third-order valence-corrected chi connectivity index (χ3v) is 3.97. The molecule has 0 spiro atoms. The molecule has 6 heteroatoms. The van der Waals surface area contributed by atoms with Crippen LogP contribution >= 0.6 is 0 Å². The molecule has 1 aliphatic heterocycles. The predicted molar refractivity (Wildman–Crippen MR) is 87.7 cm³/mol. The predicted octanol–water partition coefficient (Wildman–Crippen LogP) is 3.60. The van der Waals surface area contributed by atoms with E-state index in [9.17, 15) is 13.6 Å². The van der Waals surface area contributed by atoms with Crippen LogP contribution in [0.3, 0.4) is 0 Å². The molecule has 1 aliphatic rings. The second-order valence-corrected chi connectivity index (χ2v) is 5.53. The number of fused-ring (bicyclic) bond motifs is 1. The van der Waals surface area contributed by atoms with Crippen molar-refractivity contribution in [3.05, 3.63) is 59.7 Å². The van der Waals surface area contributed by atoms with Crippen LogP contribution in [-0.4, -0.2) is 25.7 Å². The lowest BCUT2D eigenvalue weighted by atomic mass is 10.1.